The Morgan fingerprint density at radius 1 is 1.32 bits per heavy atom. The van der Waals surface area contributed by atoms with Crippen LogP contribution in [-0.2, 0) is 14.8 Å². The predicted molar refractivity (Wildman–Crippen MR) is 83.8 cm³/mol. The molecule has 0 unspecified atom stereocenters. The minimum Gasteiger partial charge on any atom is -0.360 e. The summed E-state index contributed by atoms with van der Waals surface area (Å²) in [4.78, 5) is 11.8. The third-order valence-electron chi connectivity index (χ3n) is 2.66. The van der Waals surface area contributed by atoms with Crippen LogP contribution < -0.4 is 10.0 Å². The van der Waals surface area contributed by atoms with Crippen molar-refractivity contribution in [3.8, 4) is 0 Å². The zero-order valence-electron chi connectivity index (χ0n) is 11.7. The van der Waals surface area contributed by atoms with Gasteiger partial charge in [-0.1, -0.05) is 21.1 Å². The first-order valence-corrected chi connectivity index (χ1v) is 8.63. The lowest BCUT2D eigenvalue weighted by Gasteiger charge is -2.06. The summed E-state index contributed by atoms with van der Waals surface area (Å²) in [5.41, 5.74) is 0. The standard InChI is InChI=1S/C13H14BrN3O4S/c1-9-8-12(17-21-9)16-13(18)6-7-15-22(19,20)11-4-2-10(14)3-5-11/h2-5,8,15H,6-7H2,1H3,(H,16,17,18). The number of nitrogens with one attached hydrogen (secondary N) is 2. The molecule has 1 aromatic heterocycles. The molecule has 1 heterocycles. The summed E-state index contributed by atoms with van der Waals surface area (Å²) in [5.74, 6) is 0.524. The number of carbonyl (C=O) groups excluding carboxylic acids is 1. The Hall–Kier alpha value is -1.71. The summed E-state index contributed by atoms with van der Waals surface area (Å²) >= 11 is 3.24. The average Bonchev–Trinajstić information content (AvgIpc) is 2.84. The van der Waals surface area contributed by atoms with Gasteiger partial charge in [0.25, 0.3) is 0 Å². The maximum absolute atomic E-state index is 12.0. The van der Waals surface area contributed by atoms with Gasteiger partial charge in [0.15, 0.2) is 5.82 Å². The molecule has 1 amide bonds. The van der Waals surface area contributed by atoms with Gasteiger partial charge in [-0.15, -0.1) is 0 Å². The number of carbonyl (C=O) groups is 1. The monoisotopic (exact) mass is 387 g/mol. The molecule has 0 aliphatic rings. The summed E-state index contributed by atoms with van der Waals surface area (Å²) in [7, 11) is -3.63. The predicted octanol–water partition coefficient (Wildman–Crippen LogP) is 2.05. The zero-order valence-corrected chi connectivity index (χ0v) is 14.1. The Balaban J connectivity index is 1.84. The molecule has 22 heavy (non-hydrogen) atoms. The summed E-state index contributed by atoms with van der Waals surface area (Å²) in [6, 6.07) is 7.79. The molecule has 0 aliphatic heterocycles. The van der Waals surface area contributed by atoms with Gasteiger partial charge in [-0.05, 0) is 31.2 Å². The summed E-state index contributed by atoms with van der Waals surface area (Å²) in [6.07, 6.45) is -0.0122. The van der Waals surface area contributed by atoms with Crippen molar-refractivity contribution in [3.05, 3.63) is 40.6 Å². The second kappa shape index (κ2) is 7.03. The Kier molecular flexibility index (Phi) is 5.33. The maximum Gasteiger partial charge on any atom is 0.240 e. The Bertz CT molecular complexity index is 756. The van der Waals surface area contributed by atoms with Crippen LogP contribution in [0.25, 0.3) is 0 Å². The van der Waals surface area contributed by atoms with Crippen LogP contribution in [0.1, 0.15) is 12.2 Å². The van der Waals surface area contributed by atoms with Gasteiger partial charge in [-0.2, -0.15) is 0 Å². The molecule has 0 atom stereocenters. The first-order valence-electron chi connectivity index (χ1n) is 6.35. The van der Waals surface area contributed by atoms with Crippen molar-refractivity contribution in [2.45, 2.75) is 18.2 Å². The van der Waals surface area contributed by atoms with Crippen LogP contribution in [0.4, 0.5) is 5.82 Å². The van der Waals surface area contributed by atoms with Crippen LogP contribution in [0, 0.1) is 6.92 Å². The molecule has 1 aromatic carbocycles. The van der Waals surface area contributed by atoms with E-state index < -0.39 is 10.0 Å². The van der Waals surface area contributed by atoms with Gasteiger partial charge >= 0.3 is 0 Å². The molecule has 0 spiro atoms. The number of halogens is 1. The lowest BCUT2D eigenvalue weighted by Crippen LogP contribution is -2.27. The summed E-state index contributed by atoms with van der Waals surface area (Å²) < 4.78 is 32.0. The van der Waals surface area contributed by atoms with Crippen molar-refractivity contribution in [1.29, 1.82) is 0 Å². The van der Waals surface area contributed by atoms with Crippen molar-refractivity contribution in [1.82, 2.24) is 9.88 Å². The average molecular weight is 388 g/mol. The van der Waals surface area contributed by atoms with Gasteiger partial charge in [0.1, 0.15) is 5.76 Å². The lowest BCUT2D eigenvalue weighted by molar-refractivity contribution is -0.116. The van der Waals surface area contributed by atoms with Gasteiger partial charge in [0.2, 0.25) is 15.9 Å². The van der Waals surface area contributed by atoms with E-state index in [2.05, 4.69) is 31.1 Å². The first kappa shape index (κ1) is 16.7. The number of nitrogens with zero attached hydrogens (tertiary/aromatic N) is 1. The molecular formula is C13H14BrN3O4S. The van der Waals surface area contributed by atoms with E-state index in [1.54, 1.807) is 25.1 Å². The quantitative estimate of drug-likeness (QED) is 0.789. The van der Waals surface area contributed by atoms with Gasteiger partial charge in [0, 0.05) is 23.5 Å². The van der Waals surface area contributed by atoms with Crippen LogP contribution in [0.2, 0.25) is 0 Å². The molecule has 0 saturated carbocycles. The molecule has 2 rings (SSSR count). The SMILES string of the molecule is Cc1cc(NC(=O)CCNS(=O)(=O)c2ccc(Br)cc2)no1. The van der Waals surface area contributed by atoms with Crippen LogP contribution in [-0.4, -0.2) is 26.0 Å². The van der Waals surface area contributed by atoms with Crippen LogP contribution in [0.3, 0.4) is 0 Å². The Morgan fingerprint density at radius 2 is 2.00 bits per heavy atom. The minimum atomic E-state index is -3.63. The topological polar surface area (TPSA) is 101 Å². The number of aryl methyl sites for hydroxylation is 1. The van der Waals surface area contributed by atoms with E-state index in [0.29, 0.717) is 11.6 Å². The van der Waals surface area contributed by atoms with E-state index in [1.165, 1.54) is 12.1 Å². The van der Waals surface area contributed by atoms with E-state index in [1.807, 2.05) is 0 Å². The van der Waals surface area contributed by atoms with E-state index in [0.717, 1.165) is 4.47 Å². The molecule has 118 valence electrons. The molecule has 9 heteroatoms. The molecule has 0 radical (unpaired) electrons. The van der Waals surface area contributed by atoms with Crippen molar-refractivity contribution in [3.63, 3.8) is 0 Å². The van der Waals surface area contributed by atoms with Gasteiger partial charge in [-0.25, -0.2) is 13.1 Å². The molecular weight excluding hydrogens is 374 g/mol. The molecule has 0 saturated heterocycles. The first-order chi connectivity index (χ1) is 10.4. The van der Waals surface area contributed by atoms with Crippen LogP contribution in [0.15, 0.2) is 44.2 Å². The fourth-order valence-electron chi connectivity index (χ4n) is 1.63. The number of aromatic nitrogens is 1. The summed E-state index contributed by atoms with van der Waals surface area (Å²) in [6.45, 7) is 1.69. The number of anilines is 1. The normalized spacial score (nSPS) is 11.4. The third-order valence-corrected chi connectivity index (χ3v) is 4.67. The minimum absolute atomic E-state index is 0.0122. The van der Waals surface area contributed by atoms with Gasteiger partial charge in [0.05, 0.1) is 4.90 Å². The Morgan fingerprint density at radius 3 is 2.59 bits per heavy atom. The van der Waals surface area contributed by atoms with Crippen LogP contribution >= 0.6 is 15.9 Å². The van der Waals surface area contributed by atoms with Gasteiger partial charge < -0.3 is 9.84 Å². The smallest absolute Gasteiger partial charge is 0.240 e. The second-order valence-corrected chi connectivity index (χ2v) is 7.16. The van der Waals surface area contributed by atoms with Gasteiger partial charge in [-0.3, -0.25) is 4.79 Å². The molecule has 0 fully saturated rings. The number of hydrogen-bond donors (Lipinski definition) is 2. The fraction of sp³-hybridized carbons (Fsp3) is 0.231. The largest absolute Gasteiger partial charge is 0.360 e. The van der Waals surface area contributed by atoms with Crippen LogP contribution in [0.5, 0.6) is 0 Å². The fourth-order valence-corrected chi connectivity index (χ4v) is 2.92. The van der Waals surface area contributed by atoms with E-state index in [4.69, 9.17) is 4.52 Å². The molecule has 7 nitrogen and oxygen atoms in total. The van der Waals surface area contributed by atoms with Crippen molar-refractivity contribution >= 4 is 37.7 Å². The lowest BCUT2D eigenvalue weighted by atomic mass is 10.4. The highest BCUT2D eigenvalue weighted by Crippen LogP contribution is 2.14. The highest BCUT2D eigenvalue weighted by Gasteiger charge is 2.14. The number of amides is 1. The van der Waals surface area contributed by atoms with Crippen molar-refractivity contribution in [2.24, 2.45) is 0 Å². The summed E-state index contributed by atoms with van der Waals surface area (Å²) in [5, 5.41) is 6.13. The number of hydrogen-bond acceptors (Lipinski definition) is 5. The highest BCUT2D eigenvalue weighted by atomic mass is 79.9. The molecule has 2 N–H and O–H groups in total. The molecule has 0 bridgehead atoms. The maximum atomic E-state index is 12.0. The number of rotatable bonds is 6. The van der Waals surface area contributed by atoms with E-state index >= 15 is 0 Å². The van der Waals surface area contributed by atoms with E-state index in [9.17, 15) is 13.2 Å². The second-order valence-electron chi connectivity index (χ2n) is 4.47. The highest BCUT2D eigenvalue weighted by molar-refractivity contribution is 9.10. The van der Waals surface area contributed by atoms with Crippen molar-refractivity contribution in [2.75, 3.05) is 11.9 Å². The molecule has 0 aliphatic carbocycles. The molecule has 2 aromatic rings. The number of sulfonamides is 1. The zero-order chi connectivity index (χ0) is 16.2. The Labute approximate surface area is 136 Å². The number of benzene rings is 1. The van der Waals surface area contributed by atoms with E-state index in [-0.39, 0.29) is 23.8 Å². The van der Waals surface area contributed by atoms with Crippen molar-refractivity contribution < 1.29 is 17.7 Å². The third kappa shape index (κ3) is 4.65.